The van der Waals surface area contributed by atoms with Crippen LogP contribution in [0.4, 0.5) is 0 Å². The largest absolute Gasteiger partial charge is 0.335 e. The molecule has 0 aromatic heterocycles. The molecule has 0 saturated carbocycles. The van der Waals surface area contributed by atoms with E-state index < -0.39 is 10.0 Å². The lowest BCUT2D eigenvalue weighted by Gasteiger charge is -2.34. The fourth-order valence-corrected chi connectivity index (χ4v) is 4.74. The summed E-state index contributed by atoms with van der Waals surface area (Å²) in [5, 5.41) is 0. The monoisotopic (exact) mass is 338 g/mol. The van der Waals surface area contributed by atoms with Crippen molar-refractivity contribution in [1.29, 1.82) is 0 Å². The Morgan fingerprint density at radius 3 is 2.22 bits per heavy atom. The Morgan fingerprint density at radius 2 is 1.61 bits per heavy atom. The van der Waals surface area contributed by atoms with Gasteiger partial charge in [-0.2, -0.15) is 4.31 Å². The van der Waals surface area contributed by atoms with Crippen LogP contribution in [0.1, 0.15) is 12.8 Å². The van der Waals surface area contributed by atoms with Crippen LogP contribution in [-0.2, 0) is 14.8 Å². The summed E-state index contributed by atoms with van der Waals surface area (Å²) in [6, 6.07) is 8.49. The van der Waals surface area contributed by atoms with Gasteiger partial charge in [0, 0.05) is 39.0 Å². The predicted octanol–water partition coefficient (Wildman–Crippen LogP) is -0.802. The molecule has 2 aliphatic heterocycles. The standard InChI is InChI=1S/C16H23N3O3S/c20-16(14-17-8-4-5-9-17)18-10-12-19(13-11-18)23(21,22)15-6-2-1-3-7-15/h1-3,6-7H,4-5,8-14H2/p+1. The Bertz CT molecular complexity index is 634. The highest BCUT2D eigenvalue weighted by Gasteiger charge is 2.31. The Hall–Kier alpha value is -1.44. The lowest BCUT2D eigenvalue weighted by atomic mass is 10.3. The first kappa shape index (κ1) is 16.4. The zero-order chi connectivity index (χ0) is 16.3. The molecule has 2 fully saturated rings. The third kappa shape index (κ3) is 3.73. The number of benzene rings is 1. The molecule has 0 aliphatic carbocycles. The topological polar surface area (TPSA) is 62.1 Å². The minimum atomic E-state index is -3.44. The second-order valence-electron chi connectivity index (χ2n) is 6.23. The van der Waals surface area contributed by atoms with Gasteiger partial charge in [0.2, 0.25) is 10.0 Å². The van der Waals surface area contributed by atoms with E-state index in [0.29, 0.717) is 37.6 Å². The molecule has 0 atom stereocenters. The van der Waals surface area contributed by atoms with Gasteiger partial charge in [-0.05, 0) is 12.1 Å². The van der Waals surface area contributed by atoms with E-state index in [9.17, 15) is 13.2 Å². The van der Waals surface area contributed by atoms with Crippen LogP contribution in [0.3, 0.4) is 0 Å². The Balaban J connectivity index is 1.56. The highest BCUT2D eigenvalue weighted by molar-refractivity contribution is 7.89. The number of nitrogens with zero attached hydrogens (tertiary/aromatic N) is 2. The molecule has 0 unspecified atom stereocenters. The quantitative estimate of drug-likeness (QED) is 0.782. The molecule has 2 aliphatic rings. The van der Waals surface area contributed by atoms with Crippen LogP contribution in [0.25, 0.3) is 0 Å². The number of nitrogens with one attached hydrogen (secondary N) is 1. The molecule has 1 aromatic carbocycles. The second-order valence-corrected chi connectivity index (χ2v) is 8.17. The van der Waals surface area contributed by atoms with Gasteiger partial charge in [-0.1, -0.05) is 18.2 Å². The van der Waals surface area contributed by atoms with Crippen LogP contribution >= 0.6 is 0 Å². The average Bonchev–Trinajstić information content (AvgIpc) is 3.09. The summed E-state index contributed by atoms with van der Waals surface area (Å²) in [5.74, 6) is 0.152. The van der Waals surface area contributed by atoms with E-state index in [1.54, 1.807) is 30.3 Å². The Morgan fingerprint density at radius 1 is 1.00 bits per heavy atom. The maximum Gasteiger partial charge on any atom is 0.277 e. The van der Waals surface area contributed by atoms with E-state index in [-0.39, 0.29) is 5.91 Å². The molecule has 6 nitrogen and oxygen atoms in total. The molecule has 1 N–H and O–H groups in total. The maximum atomic E-state index is 12.6. The zero-order valence-electron chi connectivity index (χ0n) is 13.3. The van der Waals surface area contributed by atoms with Gasteiger partial charge in [0.25, 0.3) is 5.91 Å². The number of rotatable bonds is 4. The van der Waals surface area contributed by atoms with Crippen LogP contribution in [0.2, 0.25) is 0 Å². The van der Waals surface area contributed by atoms with Crippen molar-refractivity contribution in [3.05, 3.63) is 30.3 Å². The molecular weight excluding hydrogens is 314 g/mol. The third-order valence-corrected chi connectivity index (χ3v) is 6.60. The Labute approximate surface area is 137 Å². The van der Waals surface area contributed by atoms with Crippen LogP contribution < -0.4 is 4.90 Å². The van der Waals surface area contributed by atoms with E-state index in [1.807, 2.05) is 4.90 Å². The summed E-state index contributed by atoms with van der Waals surface area (Å²) in [6.07, 6.45) is 2.40. The summed E-state index contributed by atoms with van der Waals surface area (Å²) < 4.78 is 26.6. The predicted molar refractivity (Wildman–Crippen MR) is 86.6 cm³/mol. The van der Waals surface area contributed by atoms with Gasteiger partial charge in [-0.3, -0.25) is 4.79 Å². The smallest absolute Gasteiger partial charge is 0.277 e. The first-order valence-electron chi connectivity index (χ1n) is 8.24. The fourth-order valence-electron chi connectivity index (χ4n) is 3.30. The number of carbonyl (C=O) groups is 1. The number of carbonyl (C=O) groups excluding carboxylic acids is 1. The minimum absolute atomic E-state index is 0.152. The summed E-state index contributed by atoms with van der Waals surface area (Å²) in [6.45, 7) is 4.42. The molecule has 0 spiro atoms. The van der Waals surface area contributed by atoms with Crippen LogP contribution in [0, 0.1) is 0 Å². The zero-order valence-corrected chi connectivity index (χ0v) is 14.1. The number of amides is 1. The SMILES string of the molecule is O=C(C[NH+]1CCCC1)N1CCN(S(=O)(=O)c2ccccc2)CC1. The van der Waals surface area contributed by atoms with Crippen molar-refractivity contribution in [2.24, 2.45) is 0 Å². The van der Waals surface area contributed by atoms with Gasteiger partial charge in [0.05, 0.1) is 18.0 Å². The van der Waals surface area contributed by atoms with E-state index in [2.05, 4.69) is 0 Å². The van der Waals surface area contributed by atoms with Gasteiger partial charge in [-0.15, -0.1) is 0 Å². The molecule has 1 amide bonds. The summed E-state index contributed by atoms with van der Waals surface area (Å²) in [7, 11) is -3.44. The van der Waals surface area contributed by atoms with Crippen molar-refractivity contribution in [3.63, 3.8) is 0 Å². The minimum Gasteiger partial charge on any atom is -0.335 e. The number of hydrogen-bond donors (Lipinski definition) is 1. The highest BCUT2D eigenvalue weighted by Crippen LogP contribution is 2.17. The third-order valence-electron chi connectivity index (χ3n) is 4.68. The molecule has 0 bridgehead atoms. The summed E-state index contributed by atoms with van der Waals surface area (Å²) in [4.78, 5) is 15.8. The molecule has 2 heterocycles. The van der Waals surface area contributed by atoms with E-state index in [4.69, 9.17) is 0 Å². The lowest BCUT2D eigenvalue weighted by molar-refractivity contribution is -0.879. The van der Waals surface area contributed by atoms with Crippen molar-refractivity contribution >= 4 is 15.9 Å². The van der Waals surface area contributed by atoms with Crippen molar-refractivity contribution in [1.82, 2.24) is 9.21 Å². The second kappa shape index (κ2) is 6.98. The first-order chi connectivity index (χ1) is 11.1. The van der Waals surface area contributed by atoms with Gasteiger partial charge in [-0.25, -0.2) is 8.42 Å². The van der Waals surface area contributed by atoms with Gasteiger partial charge >= 0.3 is 0 Å². The van der Waals surface area contributed by atoms with E-state index in [0.717, 1.165) is 13.1 Å². The number of quaternary nitrogens is 1. The molecule has 2 saturated heterocycles. The fraction of sp³-hybridized carbons (Fsp3) is 0.562. The number of hydrogen-bond acceptors (Lipinski definition) is 3. The van der Waals surface area contributed by atoms with Gasteiger partial charge < -0.3 is 9.80 Å². The van der Waals surface area contributed by atoms with Crippen LogP contribution in [0.5, 0.6) is 0 Å². The van der Waals surface area contributed by atoms with E-state index in [1.165, 1.54) is 22.0 Å². The van der Waals surface area contributed by atoms with Crippen LogP contribution in [-0.4, -0.2) is 69.3 Å². The summed E-state index contributed by atoms with van der Waals surface area (Å²) >= 11 is 0. The first-order valence-corrected chi connectivity index (χ1v) is 9.68. The van der Waals surface area contributed by atoms with Crippen molar-refractivity contribution in [2.75, 3.05) is 45.8 Å². The number of sulfonamides is 1. The van der Waals surface area contributed by atoms with Crippen molar-refractivity contribution in [3.8, 4) is 0 Å². The number of likely N-dealkylation sites (tertiary alicyclic amines) is 1. The molecular formula is C16H24N3O3S+. The highest BCUT2D eigenvalue weighted by atomic mass is 32.2. The van der Waals surface area contributed by atoms with E-state index >= 15 is 0 Å². The normalized spacial score (nSPS) is 20.8. The van der Waals surface area contributed by atoms with Crippen molar-refractivity contribution < 1.29 is 18.1 Å². The molecule has 3 rings (SSSR count). The van der Waals surface area contributed by atoms with Gasteiger partial charge in [0.1, 0.15) is 0 Å². The maximum absolute atomic E-state index is 12.6. The Kier molecular flexibility index (Phi) is 4.99. The molecule has 1 aromatic rings. The molecule has 0 radical (unpaired) electrons. The molecule has 7 heteroatoms. The van der Waals surface area contributed by atoms with Crippen molar-refractivity contribution in [2.45, 2.75) is 17.7 Å². The molecule has 126 valence electrons. The summed E-state index contributed by atoms with van der Waals surface area (Å²) in [5.41, 5.74) is 0. The lowest BCUT2D eigenvalue weighted by Crippen LogP contribution is -3.11. The van der Waals surface area contributed by atoms with Gasteiger partial charge in [0.15, 0.2) is 6.54 Å². The van der Waals surface area contributed by atoms with Crippen LogP contribution in [0.15, 0.2) is 35.2 Å². The number of piperazine rings is 1. The average molecular weight is 338 g/mol. The molecule has 23 heavy (non-hydrogen) atoms.